The van der Waals surface area contributed by atoms with Crippen molar-refractivity contribution in [3.63, 3.8) is 0 Å². The van der Waals surface area contributed by atoms with Crippen molar-refractivity contribution in [1.82, 2.24) is 4.90 Å². The minimum absolute atomic E-state index is 0.779. The van der Waals surface area contributed by atoms with Gasteiger partial charge in [-0.2, -0.15) is 0 Å². The van der Waals surface area contributed by atoms with Gasteiger partial charge in [0, 0.05) is 12.7 Å². The number of hydrogen-bond donors (Lipinski definition) is 1. The van der Waals surface area contributed by atoms with Gasteiger partial charge < -0.3 is 5.73 Å². The molecule has 2 fully saturated rings. The third kappa shape index (κ3) is 0.700. The van der Waals surface area contributed by atoms with Gasteiger partial charge in [-0.3, -0.25) is 4.90 Å². The number of likely N-dealkylation sites (tertiary alicyclic amines) is 1. The lowest BCUT2D eigenvalue weighted by atomic mass is 9.80. The second kappa shape index (κ2) is 1.96. The summed E-state index contributed by atoms with van der Waals surface area (Å²) in [6, 6.07) is 0.884. The van der Waals surface area contributed by atoms with Crippen LogP contribution in [0.1, 0.15) is 19.3 Å². The maximum absolute atomic E-state index is 5.55. The van der Waals surface area contributed by atoms with E-state index in [4.69, 9.17) is 5.73 Å². The molecule has 1 heterocycles. The smallest absolute Gasteiger partial charge is 0.0458 e. The van der Waals surface area contributed by atoms with Crippen LogP contribution in [0.15, 0.2) is 0 Å². The number of fused-ring (bicyclic) bond motifs is 1. The summed E-state index contributed by atoms with van der Waals surface area (Å²) in [7, 11) is 0. The number of nitrogens with zero attached hydrogens (tertiary/aromatic N) is 1. The monoisotopic (exact) mass is 126 g/mol. The van der Waals surface area contributed by atoms with Crippen molar-refractivity contribution in [1.29, 1.82) is 0 Å². The van der Waals surface area contributed by atoms with Gasteiger partial charge in [-0.1, -0.05) is 0 Å². The average Bonchev–Trinajstić information content (AvgIpc) is 2.07. The number of hydrogen-bond acceptors (Lipinski definition) is 2. The van der Waals surface area contributed by atoms with E-state index in [-0.39, 0.29) is 0 Å². The number of rotatable bonds is 1. The zero-order valence-corrected chi connectivity index (χ0v) is 5.71. The summed E-state index contributed by atoms with van der Waals surface area (Å²) in [5, 5.41) is 0. The fourth-order valence-corrected chi connectivity index (χ4v) is 2.09. The van der Waals surface area contributed by atoms with E-state index in [0.717, 1.165) is 18.6 Å². The Kier molecular flexibility index (Phi) is 1.24. The molecule has 2 atom stereocenters. The molecule has 1 saturated heterocycles. The first-order valence-corrected chi connectivity index (χ1v) is 3.86. The van der Waals surface area contributed by atoms with Crippen molar-refractivity contribution < 1.29 is 0 Å². The van der Waals surface area contributed by atoms with Crippen molar-refractivity contribution in [2.24, 2.45) is 11.7 Å². The Labute approximate surface area is 56.0 Å². The van der Waals surface area contributed by atoms with Gasteiger partial charge in [-0.25, -0.2) is 0 Å². The molecule has 1 aliphatic heterocycles. The molecular formula is C7H14N2. The fraction of sp³-hybridized carbons (Fsp3) is 1.00. The van der Waals surface area contributed by atoms with E-state index in [0.29, 0.717) is 0 Å². The van der Waals surface area contributed by atoms with Crippen LogP contribution in [0.3, 0.4) is 0 Å². The molecule has 0 radical (unpaired) electrons. The van der Waals surface area contributed by atoms with Crippen LogP contribution in [-0.2, 0) is 0 Å². The van der Waals surface area contributed by atoms with Crippen LogP contribution in [0.4, 0.5) is 0 Å². The SMILES string of the molecule is NCN1CCC2CCC21. The Balaban J connectivity index is 1.97. The summed E-state index contributed by atoms with van der Waals surface area (Å²) in [5.74, 6) is 1.02. The maximum Gasteiger partial charge on any atom is 0.0458 e. The van der Waals surface area contributed by atoms with E-state index in [1.54, 1.807) is 0 Å². The van der Waals surface area contributed by atoms with Crippen LogP contribution in [0.25, 0.3) is 0 Å². The molecule has 0 spiro atoms. The molecule has 2 nitrogen and oxygen atoms in total. The minimum Gasteiger partial charge on any atom is -0.318 e. The molecule has 0 aromatic rings. The lowest BCUT2D eigenvalue weighted by molar-refractivity contribution is 0.146. The maximum atomic E-state index is 5.55. The first-order chi connectivity index (χ1) is 4.42. The highest BCUT2D eigenvalue weighted by atomic mass is 15.2. The van der Waals surface area contributed by atoms with Crippen LogP contribution in [0.2, 0.25) is 0 Å². The van der Waals surface area contributed by atoms with E-state index in [1.807, 2.05) is 0 Å². The molecule has 0 amide bonds. The van der Waals surface area contributed by atoms with E-state index in [1.165, 1.54) is 25.8 Å². The van der Waals surface area contributed by atoms with Gasteiger partial charge in [0.2, 0.25) is 0 Å². The van der Waals surface area contributed by atoms with Crippen molar-refractivity contribution in [3.8, 4) is 0 Å². The summed E-state index contributed by atoms with van der Waals surface area (Å²) in [4.78, 5) is 2.41. The highest BCUT2D eigenvalue weighted by Gasteiger charge is 2.39. The molecule has 52 valence electrons. The normalized spacial score (nSPS) is 42.3. The lowest BCUT2D eigenvalue weighted by Gasteiger charge is -2.35. The molecule has 1 saturated carbocycles. The largest absolute Gasteiger partial charge is 0.318 e. The van der Waals surface area contributed by atoms with E-state index < -0.39 is 0 Å². The quantitative estimate of drug-likeness (QED) is 0.550. The first kappa shape index (κ1) is 5.69. The highest BCUT2D eigenvalue weighted by molar-refractivity contribution is 4.93. The predicted octanol–water partition coefficient (Wildman–Crippen LogP) is 0.387. The molecule has 0 bridgehead atoms. The molecular weight excluding hydrogens is 112 g/mol. The van der Waals surface area contributed by atoms with Gasteiger partial charge in [-0.05, 0) is 31.7 Å². The summed E-state index contributed by atoms with van der Waals surface area (Å²) < 4.78 is 0. The van der Waals surface area contributed by atoms with Crippen molar-refractivity contribution >= 4 is 0 Å². The molecule has 2 rings (SSSR count). The molecule has 9 heavy (non-hydrogen) atoms. The van der Waals surface area contributed by atoms with Gasteiger partial charge in [0.15, 0.2) is 0 Å². The molecule has 0 aromatic heterocycles. The summed E-state index contributed by atoms with van der Waals surface area (Å²) in [6.45, 7) is 2.03. The zero-order valence-electron chi connectivity index (χ0n) is 5.71. The third-order valence-corrected chi connectivity index (χ3v) is 2.87. The topological polar surface area (TPSA) is 29.3 Å². The molecule has 2 N–H and O–H groups in total. The standard InChI is InChI=1S/C7H14N2/c8-5-9-4-3-6-1-2-7(6)9/h6-7H,1-5,8H2. The van der Waals surface area contributed by atoms with Crippen LogP contribution in [0, 0.1) is 5.92 Å². The fourth-order valence-electron chi connectivity index (χ4n) is 2.09. The van der Waals surface area contributed by atoms with Gasteiger partial charge in [0.25, 0.3) is 0 Å². The van der Waals surface area contributed by atoms with Crippen molar-refractivity contribution in [2.45, 2.75) is 25.3 Å². The van der Waals surface area contributed by atoms with Crippen molar-refractivity contribution in [2.75, 3.05) is 13.2 Å². The first-order valence-electron chi connectivity index (χ1n) is 3.86. The Morgan fingerprint density at radius 2 is 2.22 bits per heavy atom. The second-order valence-electron chi connectivity index (χ2n) is 3.19. The molecule has 2 heteroatoms. The summed E-state index contributed by atoms with van der Waals surface area (Å²) in [5.41, 5.74) is 5.55. The minimum atomic E-state index is 0.779. The molecule has 1 aliphatic carbocycles. The molecule has 2 aliphatic rings. The van der Waals surface area contributed by atoms with Crippen LogP contribution >= 0.6 is 0 Å². The van der Waals surface area contributed by atoms with Crippen LogP contribution in [0.5, 0.6) is 0 Å². The Bertz CT molecular complexity index is 111. The third-order valence-electron chi connectivity index (χ3n) is 2.87. The van der Waals surface area contributed by atoms with Crippen molar-refractivity contribution in [3.05, 3.63) is 0 Å². The van der Waals surface area contributed by atoms with Gasteiger partial charge in [0.05, 0.1) is 0 Å². The van der Waals surface area contributed by atoms with Crippen LogP contribution < -0.4 is 5.73 Å². The Hall–Kier alpha value is -0.0800. The Morgan fingerprint density at radius 1 is 1.33 bits per heavy atom. The highest BCUT2D eigenvalue weighted by Crippen LogP contribution is 2.39. The van der Waals surface area contributed by atoms with Crippen LogP contribution in [-0.4, -0.2) is 24.2 Å². The summed E-state index contributed by atoms with van der Waals surface area (Å²) >= 11 is 0. The van der Waals surface area contributed by atoms with E-state index in [2.05, 4.69) is 4.90 Å². The van der Waals surface area contributed by atoms with E-state index >= 15 is 0 Å². The summed E-state index contributed by atoms with van der Waals surface area (Å²) in [6.07, 6.45) is 4.27. The average molecular weight is 126 g/mol. The number of nitrogens with two attached hydrogens (primary N) is 1. The van der Waals surface area contributed by atoms with E-state index in [9.17, 15) is 0 Å². The molecule has 0 aromatic carbocycles. The second-order valence-corrected chi connectivity index (χ2v) is 3.19. The lowest BCUT2D eigenvalue weighted by Crippen LogP contribution is -2.41. The van der Waals surface area contributed by atoms with Gasteiger partial charge >= 0.3 is 0 Å². The Morgan fingerprint density at radius 3 is 2.56 bits per heavy atom. The zero-order chi connectivity index (χ0) is 6.27. The van der Waals surface area contributed by atoms with Gasteiger partial charge in [-0.15, -0.1) is 0 Å². The molecule has 2 unspecified atom stereocenters. The predicted molar refractivity (Wildman–Crippen MR) is 36.9 cm³/mol. The van der Waals surface area contributed by atoms with Gasteiger partial charge in [0.1, 0.15) is 0 Å².